The van der Waals surface area contributed by atoms with Gasteiger partial charge >= 0.3 is 0 Å². The number of rotatable bonds is 18. The molecule has 4 N–H and O–H groups in total. The molecule has 0 rings (SSSR count). The van der Waals surface area contributed by atoms with Crippen LogP contribution in [0.4, 0.5) is 0 Å². The Labute approximate surface area is 145 Å². The summed E-state index contributed by atoms with van der Waals surface area (Å²) < 4.78 is 0. The van der Waals surface area contributed by atoms with E-state index in [0.717, 1.165) is 12.8 Å². The molecule has 3 heteroatoms. The third-order valence-electron chi connectivity index (χ3n) is 4.77. The average molecular weight is 330 g/mol. The highest BCUT2D eigenvalue weighted by Crippen LogP contribution is 2.14. The van der Waals surface area contributed by atoms with Crippen molar-refractivity contribution >= 4 is 0 Å². The van der Waals surface area contributed by atoms with Crippen molar-refractivity contribution < 1.29 is 10.2 Å². The zero-order chi connectivity index (χ0) is 17.2. The molecule has 0 fully saturated rings. The maximum Gasteiger partial charge on any atom is 0.166 e. The average Bonchev–Trinajstić information content (AvgIpc) is 2.54. The molecule has 0 aromatic carbocycles. The highest BCUT2D eigenvalue weighted by atomic mass is 16.5. The van der Waals surface area contributed by atoms with Crippen molar-refractivity contribution in [2.24, 2.45) is 5.73 Å². The fourth-order valence-electron chi connectivity index (χ4n) is 3.08. The molecule has 0 bridgehead atoms. The topological polar surface area (TPSA) is 66.5 Å². The van der Waals surface area contributed by atoms with Gasteiger partial charge in [-0.2, -0.15) is 0 Å². The van der Waals surface area contributed by atoms with Crippen LogP contribution in [0.1, 0.15) is 116 Å². The van der Waals surface area contributed by atoms with Crippen molar-refractivity contribution in [1.82, 2.24) is 0 Å². The van der Waals surface area contributed by atoms with Gasteiger partial charge in [-0.05, 0) is 6.42 Å². The van der Waals surface area contributed by atoms with E-state index in [2.05, 4.69) is 6.92 Å². The van der Waals surface area contributed by atoms with Gasteiger partial charge in [0.05, 0.1) is 6.04 Å². The van der Waals surface area contributed by atoms with Gasteiger partial charge in [0, 0.05) is 0 Å². The minimum absolute atomic E-state index is 0.471. The Morgan fingerprint density at radius 1 is 0.565 bits per heavy atom. The van der Waals surface area contributed by atoms with E-state index in [-0.39, 0.29) is 0 Å². The first-order chi connectivity index (χ1) is 11.2. The molecule has 0 aromatic rings. The Balaban J connectivity index is 3.03. The maximum absolute atomic E-state index is 8.88. The Hall–Kier alpha value is -0.120. The molecule has 0 aliphatic rings. The highest BCUT2D eigenvalue weighted by molar-refractivity contribution is 4.62. The van der Waals surface area contributed by atoms with Crippen LogP contribution in [0.2, 0.25) is 0 Å². The summed E-state index contributed by atoms with van der Waals surface area (Å²) in [5.41, 5.74) is 5.58. The molecule has 0 spiro atoms. The van der Waals surface area contributed by atoms with Gasteiger partial charge in [0.1, 0.15) is 0 Å². The Morgan fingerprint density at radius 3 is 1.17 bits per heavy atom. The smallest absolute Gasteiger partial charge is 0.166 e. The highest BCUT2D eigenvalue weighted by Gasteiger charge is 2.09. The van der Waals surface area contributed by atoms with Gasteiger partial charge in [-0.25, -0.2) is 0 Å². The van der Waals surface area contributed by atoms with E-state index in [1.165, 1.54) is 96.3 Å². The summed E-state index contributed by atoms with van der Waals surface area (Å²) in [7, 11) is 0. The Kier molecular flexibility index (Phi) is 18.1. The summed E-state index contributed by atoms with van der Waals surface area (Å²) in [4.78, 5) is 0. The molecule has 0 saturated heterocycles. The van der Waals surface area contributed by atoms with Crippen molar-refractivity contribution in [3.63, 3.8) is 0 Å². The second-order valence-electron chi connectivity index (χ2n) is 7.17. The van der Waals surface area contributed by atoms with Gasteiger partial charge < -0.3 is 15.9 Å². The van der Waals surface area contributed by atoms with Crippen LogP contribution < -0.4 is 5.73 Å². The Bertz CT molecular complexity index is 222. The minimum Gasteiger partial charge on any atom is -0.367 e. The molecule has 1 unspecified atom stereocenters. The van der Waals surface area contributed by atoms with Crippen molar-refractivity contribution in [2.75, 3.05) is 0 Å². The van der Waals surface area contributed by atoms with Crippen molar-refractivity contribution in [3.8, 4) is 0 Å². The van der Waals surface area contributed by atoms with E-state index in [9.17, 15) is 0 Å². The molecule has 0 saturated carbocycles. The summed E-state index contributed by atoms with van der Waals surface area (Å²) in [5, 5.41) is 17.8. The summed E-state index contributed by atoms with van der Waals surface area (Å²) >= 11 is 0. The van der Waals surface area contributed by atoms with E-state index >= 15 is 0 Å². The van der Waals surface area contributed by atoms with E-state index in [0.29, 0.717) is 0 Å². The monoisotopic (exact) mass is 329 g/mol. The van der Waals surface area contributed by atoms with E-state index < -0.39 is 12.3 Å². The van der Waals surface area contributed by atoms with Gasteiger partial charge in [-0.15, -0.1) is 0 Å². The van der Waals surface area contributed by atoms with E-state index in [1.54, 1.807) is 0 Å². The predicted octanol–water partition coefficient (Wildman–Crippen LogP) is 5.28. The van der Waals surface area contributed by atoms with E-state index in [1.807, 2.05) is 0 Å². The second kappa shape index (κ2) is 18.2. The van der Waals surface area contributed by atoms with Gasteiger partial charge in [0.25, 0.3) is 0 Å². The van der Waals surface area contributed by atoms with Gasteiger partial charge in [-0.3, -0.25) is 0 Å². The lowest BCUT2D eigenvalue weighted by Gasteiger charge is -2.12. The molecule has 0 aliphatic heterocycles. The number of nitrogens with two attached hydrogens (primary N) is 1. The maximum atomic E-state index is 8.88. The van der Waals surface area contributed by atoms with Crippen LogP contribution in [0.25, 0.3) is 0 Å². The third-order valence-corrected chi connectivity index (χ3v) is 4.77. The summed E-state index contributed by atoms with van der Waals surface area (Å²) in [6.07, 6.45) is 21.0. The normalized spacial score (nSPS) is 12.9. The molecule has 1 atom stereocenters. The standard InChI is InChI=1S/C20H43NO2/c1-2-3-4-5-6-7-8-9-10-11-12-13-14-15-16-17-18-19(21)20(22)23/h19-20,22-23H,2-18,21H2,1H3. The van der Waals surface area contributed by atoms with Gasteiger partial charge in [0.15, 0.2) is 6.29 Å². The molecular formula is C20H43NO2. The van der Waals surface area contributed by atoms with E-state index in [4.69, 9.17) is 15.9 Å². The molecular weight excluding hydrogens is 286 g/mol. The number of hydrogen-bond donors (Lipinski definition) is 3. The van der Waals surface area contributed by atoms with Crippen LogP contribution in [0.15, 0.2) is 0 Å². The Morgan fingerprint density at radius 2 is 0.870 bits per heavy atom. The molecule has 0 heterocycles. The number of unbranched alkanes of at least 4 members (excludes halogenated alkanes) is 15. The first kappa shape index (κ1) is 22.9. The first-order valence-corrected chi connectivity index (χ1v) is 10.3. The summed E-state index contributed by atoms with van der Waals surface area (Å²) in [6.45, 7) is 2.28. The quantitative estimate of drug-likeness (QED) is 0.237. The van der Waals surface area contributed by atoms with Crippen LogP contribution in [-0.2, 0) is 0 Å². The molecule has 140 valence electrons. The molecule has 0 amide bonds. The van der Waals surface area contributed by atoms with Crippen molar-refractivity contribution in [1.29, 1.82) is 0 Å². The fourth-order valence-corrected chi connectivity index (χ4v) is 3.08. The largest absolute Gasteiger partial charge is 0.367 e. The van der Waals surface area contributed by atoms with Crippen molar-refractivity contribution in [3.05, 3.63) is 0 Å². The van der Waals surface area contributed by atoms with Crippen LogP contribution >= 0.6 is 0 Å². The lowest BCUT2D eigenvalue weighted by molar-refractivity contribution is -0.0599. The van der Waals surface area contributed by atoms with Crippen LogP contribution in [0, 0.1) is 0 Å². The molecule has 23 heavy (non-hydrogen) atoms. The van der Waals surface area contributed by atoms with Crippen LogP contribution in [-0.4, -0.2) is 22.5 Å². The predicted molar refractivity (Wildman–Crippen MR) is 100 cm³/mol. The second-order valence-corrected chi connectivity index (χ2v) is 7.17. The minimum atomic E-state index is -1.36. The summed E-state index contributed by atoms with van der Waals surface area (Å²) in [5.74, 6) is 0. The fraction of sp³-hybridized carbons (Fsp3) is 1.00. The lowest BCUT2D eigenvalue weighted by Crippen LogP contribution is -2.34. The zero-order valence-electron chi connectivity index (χ0n) is 15.6. The molecule has 3 nitrogen and oxygen atoms in total. The molecule has 0 aliphatic carbocycles. The van der Waals surface area contributed by atoms with Crippen LogP contribution in [0.5, 0.6) is 0 Å². The number of aliphatic hydroxyl groups is 2. The van der Waals surface area contributed by atoms with Crippen LogP contribution in [0.3, 0.4) is 0 Å². The zero-order valence-corrected chi connectivity index (χ0v) is 15.6. The SMILES string of the molecule is CCCCCCCCCCCCCCCCCCC(N)C(O)O. The number of aliphatic hydroxyl groups excluding tert-OH is 1. The number of hydrogen-bond acceptors (Lipinski definition) is 3. The van der Waals surface area contributed by atoms with Gasteiger partial charge in [-0.1, -0.05) is 110 Å². The van der Waals surface area contributed by atoms with Crippen molar-refractivity contribution in [2.45, 2.75) is 128 Å². The molecule has 0 aromatic heterocycles. The molecule has 0 radical (unpaired) electrons. The third kappa shape index (κ3) is 18.1. The first-order valence-electron chi connectivity index (χ1n) is 10.3. The summed E-state index contributed by atoms with van der Waals surface area (Å²) in [6, 6.07) is -0.471. The van der Waals surface area contributed by atoms with Gasteiger partial charge in [0.2, 0.25) is 0 Å². The lowest BCUT2D eigenvalue weighted by atomic mass is 10.0.